The number of carbonyl (C=O) groups excluding carboxylic acids is 3. The SMILES string of the molecule is CC(C)CCNC(=O)C(c1ccccc1)N1CCN2C(=O)[C@H](CC(=O)O)NC(=O)C2C1. The van der Waals surface area contributed by atoms with Crippen molar-refractivity contribution in [3.63, 3.8) is 0 Å². The molecule has 1 aromatic rings. The first-order valence-electron chi connectivity index (χ1n) is 10.7. The van der Waals surface area contributed by atoms with Gasteiger partial charge in [-0.05, 0) is 17.9 Å². The second-order valence-electron chi connectivity index (χ2n) is 8.49. The van der Waals surface area contributed by atoms with E-state index in [1.165, 1.54) is 4.90 Å². The number of benzene rings is 1. The summed E-state index contributed by atoms with van der Waals surface area (Å²) in [5.74, 6) is -1.58. The topological polar surface area (TPSA) is 119 Å². The molecule has 2 aliphatic rings. The van der Waals surface area contributed by atoms with Crippen LogP contribution in [0.5, 0.6) is 0 Å². The number of nitrogens with one attached hydrogen (secondary N) is 2. The highest BCUT2D eigenvalue weighted by Crippen LogP contribution is 2.26. The van der Waals surface area contributed by atoms with Gasteiger partial charge < -0.3 is 20.6 Å². The summed E-state index contributed by atoms with van der Waals surface area (Å²) >= 11 is 0. The van der Waals surface area contributed by atoms with E-state index in [0.29, 0.717) is 19.0 Å². The van der Waals surface area contributed by atoms with E-state index in [4.69, 9.17) is 5.11 Å². The highest BCUT2D eigenvalue weighted by Gasteiger charge is 2.45. The Morgan fingerprint density at radius 3 is 2.55 bits per heavy atom. The second-order valence-corrected chi connectivity index (χ2v) is 8.49. The summed E-state index contributed by atoms with van der Waals surface area (Å²) in [7, 11) is 0. The molecule has 31 heavy (non-hydrogen) atoms. The van der Waals surface area contributed by atoms with Gasteiger partial charge in [0.2, 0.25) is 17.7 Å². The average molecular weight is 431 g/mol. The Hall–Kier alpha value is -2.94. The van der Waals surface area contributed by atoms with Crippen LogP contribution in [-0.2, 0) is 19.2 Å². The zero-order valence-electron chi connectivity index (χ0n) is 17.9. The average Bonchev–Trinajstić information content (AvgIpc) is 2.72. The highest BCUT2D eigenvalue weighted by molar-refractivity contribution is 5.99. The van der Waals surface area contributed by atoms with Gasteiger partial charge in [0, 0.05) is 26.2 Å². The molecule has 1 aromatic carbocycles. The molecule has 0 radical (unpaired) electrons. The van der Waals surface area contributed by atoms with Crippen molar-refractivity contribution in [1.29, 1.82) is 0 Å². The molecule has 2 aliphatic heterocycles. The molecular weight excluding hydrogens is 400 g/mol. The highest BCUT2D eigenvalue weighted by atomic mass is 16.4. The Balaban J connectivity index is 1.76. The molecule has 3 amide bonds. The van der Waals surface area contributed by atoms with Crippen LogP contribution < -0.4 is 10.6 Å². The van der Waals surface area contributed by atoms with Crippen LogP contribution in [0.15, 0.2) is 30.3 Å². The van der Waals surface area contributed by atoms with E-state index in [2.05, 4.69) is 24.5 Å². The van der Waals surface area contributed by atoms with E-state index in [1.54, 1.807) is 0 Å². The zero-order valence-corrected chi connectivity index (χ0v) is 17.9. The van der Waals surface area contributed by atoms with Gasteiger partial charge in [0.15, 0.2) is 0 Å². The lowest BCUT2D eigenvalue weighted by Crippen LogP contribution is -2.70. The lowest BCUT2D eigenvalue weighted by molar-refractivity contribution is -0.156. The van der Waals surface area contributed by atoms with E-state index >= 15 is 0 Å². The number of rotatable bonds is 8. The predicted molar refractivity (Wildman–Crippen MR) is 113 cm³/mol. The predicted octanol–water partition coefficient (Wildman–Crippen LogP) is 0.376. The molecule has 168 valence electrons. The van der Waals surface area contributed by atoms with Crippen molar-refractivity contribution in [3.05, 3.63) is 35.9 Å². The van der Waals surface area contributed by atoms with Crippen molar-refractivity contribution < 1.29 is 24.3 Å². The normalized spacial score (nSPS) is 22.6. The molecule has 2 heterocycles. The lowest BCUT2D eigenvalue weighted by Gasteiger charge is -2.46. The van der Waals surface area contributed by atoms with E-state index in [9.17, 15) is 19.2 Å². The molecule has 9 heteroatoms. The van der Waals surface area contributed by atoms with Crippen LogP contribution >= 0.6 is 0 Å². The summed E-state index contributed by atoms with van der Waals surface area (Å²) in [4.78, 5) is 52.8. The van der Waals surface area contributed by atoms with Gasteiger partial charge in [-0.1, -0.05) is 44.2 Å². The number of hydrogen-bond donors (Lipinski definition) is 3. The van der Waals surface area contributed by atoms with E-state index in [-0.39, 0.29) is 30.8 Å². The van der Waals surface area contributed by atoms with Crippen LogP contribution in [0, 0.1) is 5.92 Å². The first-order valence-corrected chi connectivity index (χ1v) is 10.7. The molecule has 0 bridgehead atoms. The molecule has 2 unspecified atom stereocenters. The number of piperazine rings is 2. The van der Waals surface area contributed by atoms with Gasteiger partial charge in [-0.25, -0.2) is 0 Å². The summed E-state index contributed by atoms with van der Waals surface area (Å²) in [6.45, 7) is 5.63. The summed E-state index contributed by atoms with van der Waals surface area (Å²) in [5, 5.41) is 14.5. The number of carboxylic acids is 1. The number of carbonyl (C=O) groups is 4. The first kappa shape index (κ1) is 22.7. The molecule has 0 saturated carbocycles. The Bertz CT molecular complexity index is 828. The van der Waals surface area contributed by atoms with Crippen LogP contribution in [-0.4, -0.2) is 76.9 Å². The van der Waals surface area contributed by atoms with Crippen molar-refractivity contribution in [1.82, 2.24) is 20.4 Å². The fraction of sp³-hybridized carbons (Fsp3) is 0.545. The van der Waals surface area contributed by atoms with Gasteiger partial charge in [-0.2, -0.15) is 0 Å². The van der Waals surface area contributed by atoms with Crippen molar-refractivity contribution in [2.24, 2.45) is 5.92 Å². The number of nitrogens with zero attached hydrogens (tertiary/aromatic N) is 2. The van der Waals surface area contributed by atoms with E-state index in [0.717, 1.165) is 12.0 Å². The Morgan fingerprint density at radius 2 is 1.90 bits per heavy atom. The number of amides is 3. The van der Waals surface area contributed by atoms with E-state index in [1.807, 2.05) is 35.2 Å². The maximum atomic E-state index is 13.1. The Kier molecular flexibility index (Phi) is 7.27. The summed E-state index contributed by atoms with van der Waals surface area (Å²) < 4.78 is 0. The molecule has 0 aromatic heterocycles. The number of aliphatic carboxylic acids is 1. The van der Waals surface area contributed by atoms with Crippen LogP contribution in [0.3, 0.4) is 0 Å². The van der Waals surface area contributed by atoms with Gasteiger partial charge in [0.25, 0.3) is 0 Å². The van der Waals surface area contributed by atoms with Gasteiger partial charge >= 0.3 is 5.97 Å². The fourth-order valence-electron chi connectivity index (χ4n) is 4.11. The number of hydrogen-bond acceptors (Lipinski definition) is 5. The number of fused-ring (bicyclic) bond motifs is 1. The molecule has 2 saturated heterocycles. The smallest absolute Gasteiger partial charge is 0.305 e. The van der Waals surface area contributed by atoms with Crippen molar-refractivity contribution in [2.75, 3.05) is 26.2 Å². The van der Waals surface area contributed by atoms with Gasteiger partial charge in [0.05, 0.1) is 6.42 Å². The number of carboxylic acid groups (broad SMARTS) is 1. The minimum absolute atomic E-state index is 0.133. The second kappa shape index (κ2) is 9.91. The van der Waals surface area contributed by atoms with Crippen LogP contribution in [0.1, 0.15) is 38.3 Å². The molecule has 9 nitrogen and oxygen atoms in total. The summed E-state index contributed by atoms with van der Waals surface area (Å²) in [5.41, 5.74) is 0.823. The minimum atomic E-state index is -1.14. The molecule has 0 spiro atoms. The summed E-state index contributed by atoms with van der Waals surface area (Å²) in [6.07, 6.45) is 0.425. The quantitative estimate of drug-likeness (QED) is 0.549. The Labute approximate surface area is 181 Å². The van der Waals surface area contributed by atoms with E-state index < -0.39 is 30.5 Å². The van der Waals surface area contributed by atoms with Crippen molar-refractivity contribution in [3.8, 4) is 0 Å². The first-order chi connectivity index (χ1) is 14.8. The van der Waals surface area contributed by atoms with Crippen molar-refractivity contribution >= 4 is 23.7 Å². The third kappa shape index (κ3) is 5.41. The third-order valence-corrected chi connectivity index (χ3v) is 5.74. The maximum absolute atomic E-state index is 13.1. The van der Waals surface area contributed by atoms with Gasteiger partial charge in [0.1, 0.15) is 18.1 Å². The monoisotopic (exact) mass is 430 g/mol. The summed E-state index contributed by atoms with van der Waals surface area (Å²) in [6, 6.07) is 7.02. The van der Waals surface area contributed by atoms with Crippen molar-refractivity contribution in [2.45, 2.75) is 44.8 Å². The molecule has 3 rings (SSSR count). The van der Waals surface area contributed by atoms with Crippen LogP contribution in [0.2, 0.25) is 0 Å². The standard InChI is InChI=1S/C22H30N4O5/c1-14(2)8-9-23-21(30)19(15-6-4-3-5-7-15)25-10-11-26-17(13-25)20(29)24-16(22(26)31)12-18(27)28/h3-7,14,16-17,19H,8-13H2,1-2H3,(H,23,30)(H,24,29)(H,27,28)/t16-,17?,19?/m0/s1. The van der Waals surface area contributed by atoms with Gasteiger partial charge in [-0.15, -0.1) is 0 Å². The zero-order chi connectivity index (χ0) is 22.5. The molecule has 3 atom stereocenters. The van der Waals surface area contributed by atoms with Gasteiger partial charge in [-0.3, -0.25) is 24.1 Å². The lowest BCUT2D eigenvalue weighted by atomic mass is 9.98. The Morgan fingerprint density at radius 1 is 1.19 bits per heavy atom. The third-order valence-electron chi connectivity index (χ3n) is 5.74. The molecular formula is C22H30N4O5. The maximum Gasteiger partial charge on any atom is 0.305 e. The molecule has 2 fully saturated rings. The fourth-order valence-corrected chi connectivity index (χ4v) is 4.11. The molecule has 0 aliphatic carbocycles. The molecule has 3 N–H and O–H groups in total. The largest absolute Gasteiger partial charge is 0.481 e. The van der Waals surface area contributed by atoms with Crippen LogP contribution in [0.25, 0.3) is 0 Å². The minimum Gasteiger partial charge on any atom is -0.481 e. The van der Waals surface area contributed by atoms with Crippen LogP contribution in [0.4, 0.5) is 0 Å².